The molecule has 0 radical (unpaired) electrons. The second-order valence-corrected chi connectivity index (χ2v) is 7.38. The number of piperidine rings is 1. The van der Waals surface area contributed by atoms with Gasteiger partial charge in [-0.2, -0.15) is 0 Å². The van der Waals surface area contributed by atoms with Crippen LogP contribution in [0.4, 0.5) is 11.4 Å². The van der Waals surface area contributed by atoms with Gasteiger partial charge < -0.3 is 14.6 Å². The van der Waals surface area contributed by atoms with E-state index >= 15 is 0 Å². The van der Waals surface area contributed by atoms with Crippen LogP contribution in [0.15, 0.2) is 30.6 Å². The molecule has 1 fully saturated rings. The van der Waals surface area contributed by atoms with Crippen molar-refractivity contribution >= 4 is 11.4 Å². The van der Waals surface area contributed by atoms with Crippen LogP contribution in [0.2, 0.25) is 0 Å². The van der Waals surface area contributed by atoms with Crippen LogP contribution in [0.1, 0.15) is 45.4 Å². The number of hydrogen-bond acceptors (Lipinski definition) is 5. The Hall–Kier alpha value is -2.57. The molecule has 0 bridgehead atoms. The summed E-state index contributed by atoms with van der Waals surface area (Å²) in [4.78, 5) is 20.7. The number of hydrogen-bond donors (Lipinski definition) is 1. The zero-order valence-electron chi connectivity index (χ0n) is 14.9. The van der Waals surface area contributed by atoms with Crippen LogP contribution in [0.3, 0.4) is 0 Å². The van der Waals surface area contributed by atoms with Gasteiger partial charge in [-0.15, -0.1) is 0 Å². The van der Waals surface area contributed by atoms with Gasteiger partial charge in [-0.25, -0.2) is 4.98 Å². The highest BCUT2D eigenvalue weighted by Crippen LogP contribution is 2.36. The van der Waals surface area contributed by atoms with E-state index in [4.69, 9.17) is 4.74 Å². The normalized spacial score (nSPS) is 18.2. The van der Waals surface area contributed by atoms with E-state index in [9.17, 15) is 10.1 Å². The first kappa shape index (κ1) is 17.3. The number of benzene rings is 1. The van der Waals surface area contributed by atoms with Gasteiger partial charge in [-0.05, 0) is 39.7 Å². The number of aromatic amines is 1. The molecule has 1 aliphatic rings. The molecule has 7 nitrogen and oxygen atoms in total. The Labute approximate surface area is 147 Å². The van der Waals surface area contributed by atoms with Crippen molar-refractivity contribution in [3.8, 4) is 5.75 Å². The summed E-state index contributed by atoms with van der Waals surface area (Å²) in [6.45, 7) is 7.41. The third-order valence-electron chi connectivity index (χ3n) is 4.25. The topological polar surface area (TPSA) is 84.3 Å². The van der Waals surface area contributed by atoms with Crippen LogP contribution in [-0.4, -0.2) is 33.6 Å². The summed E-state index contributed by atoms with van der Waals surface area (Å²) in [5.41, 5.74) is 0.446. The molecule has 0 amide bonds. The van der Waals surface area contributed by atoms with Crippen molar-refractivity contribution in [1.82, 2.24) is 9.97 Å². The lowest BCUT2D eigenvalue weighted by Crippen LogP contribution is -2.34. The highest BCUT2D eigenvalue weighted by atomic mass is 16.6. The van der Waals surface area contributed by atoms with Crippen molar-refractivity contribution in [2.75, 3.05) is 18.0 Å². The summed E-state index contributed by atoms with van der Waals surface area (Å²) in [5, 5.41) is 11.3. The first-order chi connectivity index (χ1) is 11.8. The van der Waals surface area contributed by atoms with E-state index in [1.807, 2.05) is 27.0 Å². The Balaban J connectivity index is 1.86. The second kappa shape index (κ2) is 6.74. The third-order valence-corrected chi connectivity index (χ3v) is 4.25. The molecule has 1 aromatic heterocycles. The molecule has 1 unspecified atom stereocenters. The maximum atomic E-state index is 11.3. The SMILES string of the molecule is CC(C)(C)Oc1cc(N2CCCC(c3ncc[nH]3)C2)ccc1[N+](=O)[O-]. The molecule has 25 heavy (non-hydrogen) atoms. The number of imidazole rings is 1. The van der Waals surface area contributed by atoms with Crippen LogP contribution in [-0.2, 0) is 0 Å². The maximum absolute atomic E-state index is 11.3. The zero-order valence-corrected chi connectivity index (χ0v) is 14.9. The number of nitro groups is 1. The van der Waals surface area contributed by atoms with Gasteiger partial charge in [0.1, 0.15) is 11.4 Å². The fourth-order valence-corrected chi connectivity index (χ4v) is 3.20. The molecular formula is C18H24N4O3. The van der Waals surface area contributed by atoms with Gasteiger partial charge in [-0.3, -0.25) is 10.1 Å². The van der Waals surface area contributed by atoms with Crippen molar-refractivity contribution < 1.29 is 9.66 Å². The van der Waals surface area contributed by atoms with Crippen LogP contribution in [0.5, 0.6) is 5.75 Å². The minimum atomic E-state index is -0.498. The van der Waals surface area contributed by atoms with Crippen molar-refractivity contribution in [3.63, 3.8) is 0 Å². The number of rotatable bonds is 4. The quantitative estimate of drug-likeness (QED) is 0.672. The van der Waals surface area contributed by atoms with Crippen molar-refractivity contribution in [3.05, 3.63) is 46.5 Å². The summed E-state index contributed by atoms with van der Waals surface area (Å²) in [7, 11) is 0. The van der Waals surface area contributed by atoms with Gasteiger partial charge in [0.2, 0.25) is 0 Å². The molecule has 1 N–H and O–H groups in total. The zero-order chi connectivity index (χ0) is 18.0. The summed E-state index contributed by atoms with van der Waals surface area (Å²) in [5.74, 6) is 1.65. The minimum absolute atomic E-state index is 0.00160. The van der Waals surface area contributed by atoms with Crippen molar-refractivity contribution in [1.29, 1.82) is 0 Å². The van der Waals surface area contributed by atoms with Gasteiger partial charge in [0.05, 0.1) is 4.92 Å². The third kappa shape index (κ3) is 4.10. The van der Waals surface area contributed by atoms with E-state index in [2.05, 4.69) is 14.9 Å². The van der Waals surface area contributed by atoms with E-state index < -0.39 is 10.5 Å². The molecule has 0 saturated carbocycles. The fraction of sp³-hybridized carbons (Fsp3) is 0.500. The molecule has 7 heteroatoms. The highest BCUT2D eigenvalue weighted by molar-refractivity contribution is 5.59. The maximum Gasteiger partial charge on any atom is 0.311 e. The fourth-order valence-electron chi connectivity index (χ4n) is 3.20. The number of nitro benzene ring substituents is 1. The summed E-state index contributed by atoms with van der Waals surface area (Å²) in [6.07, 6.45) is 5.75. The molecule has 1 atom stereocenters. The highest BCUT2D eigenvalue weighted by Gasteiger charge is 2.26. The molecule has 0 aliphatic carbocycles. The molecular weight excluding hydrogens is 320 g/mol. The number of nitrogens with zero attached hydrogens (tertiary/aromatic N) is 3. The Morgan fingerprint density at radius 1 is 1.40 bits per heavy atom. The van der Waals surface area contributed by atoms with Crippen LogP contribution in [0.25, 0.3) is 0 Å². The number of nitrogens with one attached hydrogen (secondary N) is 1. The van der Waals surface area contributed by atoms with Gasteiger partial charge in [0, 0.05) is 49.2 Å². The lowest BCUT2D eigenvalue weighted by Gasteiger charge is -2.34. The van der Waals surface area contributed by atoms with Crippen LogP contribution < -0.4 is 9.64 Å². The lowest BCUT2D eigenvalue weighted by atomic mass is 9.97. The van der Waals surface area contributed by atoms with Gasteiger partial charge in [0.25, 0.3) is 0 Å². The summed E-state index contributed by atoms with van der Waals surface area (Å²) < 4.78 is 5.84. The molecule has 1 aromatic carbocycles. The summed E-state index contributed by atoms with van der Waals surface area (Å²) >= 11 is 0. The van der Waals surface area contributed by atoms with E-state index in [-0.39, 0.29) is 5.69 Å². The first-order valence-electron chi connectivity index (χ1n) is 8.55. The molecule has 134 valence electrons. The minimum Gasteiger partial charge on any atom is -0.481 e. The van der Waals surface area contributed by atoms with Gasteiger partial charge in [-0.1, -0.05) is 0 Å². The van der Waals surface area contributed by atoms with Crippen LogP contribution >= 0.6 is 0 Å². The largest absolute Gasteiger partial charge is 0.481 e. The van der Waals surface area contributed by atoms with E-state index in [0.717, 1.165) is 37.4 Å². The summed E-state index contributed by atoms with van der Waals surface area (Å²) in [6, 6.07) is 5.12. The monoisotopic (exact) mass is 344 g/mol. The number of aromatic nitrogens is 2. The Morgan fingerprint density at radius 3 is 2.84 bits per heavy atom. The molecule has 2 aromatic rings. The predicted molar refractivity (Wildman–Crippen MR) is 96.3 cm³/mol. The number of anilines is 1. The van der Waals surface area contributed by atoms with E-state index in [1.165, 1.54) is 6.07 Å². The first-order valence-corrected chi connectivity index (χ1v) is 8.55. The average Bonchev–Trinajstić information content (AvgIpc) is 3.07. The van der Waals surface area contributed by atoms with E-state index in [1.54, 1.807) is 18.3 Å². The smallest absolute Gasteiger partial charge is 0.311 e. The Bertz CT molecular complexity index is 737. The second-order valence-electron chi connectivity index (χ2n) is 7.38. The van der Waals surface area contributed by atoms with Gasteiger partial charge in [0.15, 0.2) is 5.75 Å². The van der Waals surface area contributed by atoms with Gasteiger partial charge >= 0.3 is 5.69 Å². The predicted octanol–water partition coefficient (Wildman–Crippen LogP) is 3.88. The van der Waals surface area contributed by atoms with Crippen molar-refractivity contribution in [2.45, 2.75) is 45.1 Å². The molecule has 2 heterocycles. The molecule has 1 aliphatic heterocycles. The average molecular weight is 344 g/mol. The Morgan fingerprint density at radius 2 is 2.20 bits per heavy atom. The standard InChI is InChI=1S/C18H24N4O3/c1-18(2,3)25-16-11-14(6-7-15(16)22(23)24)21-10-4-5-13(12-21)17-19-8-9-20-17/h6-9,11,13H,4-5,10,12H2,1-3H3,(H,19,20). The lowest BCUT2D eigenvalue weighted by molar-refractivity contribution is -0.386. The molecule has 0 spiro atoms. The van der Waals surface area contributed by atoms with Crippen LogP contribution in [0, 0.1) is 10.1 Å². The molecule has 3 rings (SSSR count). The Kier molecular flexibility index (Phi) is 4.65. The number of ether oxygens (including phenoxy) is 1. The molecule has 1 saturated heterocycles. The van der Waals surface area contributed by atoms with Crippen molar-refractivity contribution in [2.24, 2.45) is 0 Å². The number of H-pyrrole nitrogens is 1. The van der Waals surface area contributed by atoms with E-state index in [0.29, 0.717) is 11.7 Å².